The summed E-state index contributed by atoms with van der Waals surface area (Å²) in [5.74, 6) is 1.11. The highest BCUT2D eigenvalue weighted by atomic mass is 32.2. The van der Waals surface area contributed by atoms with Crippen molar-refractivity contribution in [1.29, 1.82) is 0 Å². The van der Waals surface area contributed by atoms with Crippen LogP contribution in [0.2, 0.25) is 0 Å². The third-order valence-corrected chi connectivity index (χ3v) is 6.80. The number of hydrogen-bond donors (Lipinski definition) is 1. The summed E-state index contributed by atoms with van der Waals surface area (Å²) in [7, 11) is -3.91. The lowest BCUT2D eigenvalue weighted by Gasteiger charge is -2.19. The van der Waals surface area contributed by atoms with Crippen molar-refractivity contribution in [2.45, 2.75) is 4.90 Å². The van der Waals surface area contributed by atoms with Crippen LogP contribution in [0.3, 0.4) is 0 Å². The Morgan fingerprint density at radius 2 is 1.77 bits per heavy atom. The molecule has 4 aromatic rings. The van der Waals surface area contributed by atoms with Crippen molar-refractivity contribution in [3.63, 3.8) is 0 Å². The second-order valence-corrected chi connectivity index (χ2v) is 9.16. The second kappa shape index (κ2) is 7.51. The lowest BCUT2D eigenvalue weighted by molar-refractivity contribution is 0.171. The Labute approximate surface area is 177 Å². The van der Waals surface area contributed by atoms with Gasteiger partial charge >= 0.3 is 0 Å². The van der Waals surface area contributed by atoms with E-state index in [0.29, 0.717) is 36.1 Å². The maximum absolute atomic E-state index is 13.3. The standard InChI is InChI=1S/C21H17N3O4S2/c25-30(26,23-15-8-9-17-18(13-15)28-11-10-27-17)20-14-24(16-5-2-1-3-6-16)22-21(20)19-7-4-12-29-19/h1-9,12-14,23H,10-11H2. The average Bonchev–Trinajstić information content (AvgIpc) is 3.44. The Hall–Kier alpha value is -3.30. The zero-order valence-electron chi connectivity index (χ0n) is 15.7. The van der Waals surface area contributed by atoms with Gasteiger partial charge in [0, 0.05) is 6.07 Å². The van der Waals surface area contributed by atoms with Crippen LogP contribution in [0.4, 0.5) is 5.69 Å². The molecule has 7 nitrogen and oxygen atoms in total. The number of ether oxygens (including phenoxy) is 2. The van der Waals surface area contributed by atoms with Crippen molar-refractivity contribution in [3.05, 3.63) is 72.2 Å². The lowest BCUT2D eigenvalue weighted by Crippen LogP contribution is -2.16. The van der Waals surface area contributed by atoms with Crippen molar-refractivity contribution in [3.8, 4) is 27.8 Å². The van der Waals surface area contributed by atoms with Gasteiger partial charge < -0.3 is 9.47 Å². The number of fused-ring (bicyclic) bond motifs is 1. The fourth-order valence-electron chi connectivity index (χ4n) is 3.17. The van der Waals surface area contributed by atoms with E-state index in [9.17, 15) is 8.42 Å². The minimum absolute atomic E-state index is 0.101. The number of nitrogens with one attached hydrogen (secondary N) is 1. The molecule has 5 rings (SSSR count). The van der Waals surface area contributed by atoms with Gasteiger partial charge in [-0.1, -0.05) is 24.3 Å². The number of sulfonamides is 1. The van der Waals surface area contributed by atoms with E-state index in [-0.39, 0.29) is 4.90 Å². The molecule has 1 N–H and O–H groups in total. The minimum atomic E-state index is -3.91. The number of anilines is 1. The first-order chi connectivity index (χ1) is 14.6. The van der Waals surface area contributed by atoms with Crippen LogP contribution in [0.1, 0.15) is 0 Å². The fraction of sp³-hybridized carbons (Fsp3) is 0.0952. The van der Waals surface area contributed by atoms with Gasteiger partial charge in [0.25, 0.3) is 10.0 Å². The Kier molecular flexibility index (Phi) is 4.68. The molecule has 0 aliphatic carbocycles. The fourth-order valence-corrected chi connectivity index (χ4v) is 5.15. The van der Waals surface area contributed by atoms with Crippen LogP contribution in [0.25, 0.3) is 16.3 Å². The molecule has 0 spiro atoms. The Balaban J connectivity index is 1.55. The topological polar surface area (TPSA) is 82.5 Å². The molecule has 2 aromatic carbocycles. The number of para-hydroxylation sites is 1. The molecule has 3 heterocycles. The summed E-state index contributed by atoms with van der Waals surface area (Å²) in [4.78, 5) is 0.871. The molecular weight excluding hydrogens is 422 g/mol. The largest absolute Gasteiger partial charge is 0.486 e. The first-order valence-corrected chi connectivity index (χ1v) is 11.6. The Morgan fingerprint density at radius 3 is 2.53 bits per heavy atom. The molecule has 0 saturated carbocycles. The molecule has 2 aromatic heterocycles. The molecule has 0 radical (unpaired) electrons. The summed E-state index contributed by atoms with van der Waals surface area (Å²) < 4.78 is 41.9. The van der Waals surface area contributed by atoms with Crippen molar-refractivity contribution in [2.24, 2.45) is 0 Å². The summed E-state index contributed by atoms with van der Waals surface area (Å²) in [6, 6.07) is 18.1. The van der Waals surface area contributed by atoms with Crippen LogP contribution in [0.5, 0.6) is 11.5 Å². The highest BCUT2D eigenvalue weighted by molar-refractivity contribution is 7.92. The lowest BCUT2D eigenvalue weighted by atomic mass is 10.3. The highest BCUT2D eigenvalue weighted by Gasteiger charge is 2.25. The van der Waals surface area contributed by atoms with Crippen molar-refractivity contribution < 1.29 is 17.9 Å². The molecule has 0 fully saturated rings. The average molecular weight is 440 g/mol. The highest BCUT2D eigenvalue weighted by Crippen LogP contribution is 2.35. The maximum Gasteiger partial charge on any atom is 0.265 e. The van der Waals surface area contributed by atoms with Crippen LogP contribution in [-0.4, -0.2) is 31.4 Å². The van der Waals surface area contributed by atoms with E-state index >= 15 is 0 Å². The van der Waals surface area contributed by atoms with E-state index in [2.05, 4.69) is 9.82 Å². The quantitative estimate of drug-likeness (QED) is 0.505. The Bertz CT molecular complexity index is 1280. The van der Waals surface area contributed by atoms with Gasteiger partial charge in [-0.05, 0) is 35.7 Å². The van der Waals surface area contributed by atoms with Gasteiger partial charge in [-0.3, -0.25) is 4.72 Å². The maximum atomic E-state index is 13.3. The molecule has 0 atom stereocenters. The van der Waals surface area contributed by atoms with Crippen molar-refractivity contribution in [1.82, 2.24) is 9.78 Å². The third kappa shape index (κ3) is 3.53. The van der Waals surface area contributed by atoms with Crippen LogP contribution in [0, 0.1) is 0 Å². The normalized spacial score (nSPS) is 13.2. The van der Waals surface area contributed by atoms with Gasteiger partial charge in [0.2, 0.25) is 0 Å². The first kappa shape index (κ1) is 18.7. The van der Waals surface area contributed by atoms with Gasteiger partial charge in [-0.2, -0.15) is 5.10 Å². The van der Waals surface area contributed by atoms with Gasteiger partial charge in [0.05, 0.1) is 22.4 Å². The molecular formula is C21H17N3O4S2. The number of hydrogen-bond acceptors (Lipinski definition) is 6. The van der Waals surface area contributed by atoms with E-state index in [0.717, 1.165) is 10.6 Å². The zero-order valence-corrected chi connectivity index (χ0v) is 17.3. The SMILES string of the molecule is O=S(=O)(Nc1ccc2c(c1)OCCO2)c1cn(-c2ccccc2)nc1-c1cccs1. The van der Waals surface area contributed by atoms with E-state index in [1.165, 1.54) is 17.5 Å². The van der Waals surface area contributed by atoms with Crippen LogP contribution < -0.4 is 14.2 Å². The molecule has 1 aliphatic rings. The monoisotopic (exact) mass is 439 g/mol. The van der Waals surface area contributed by atoms with Crippen LogP contribution in [-0.2, 0) is 10.0 Å². The summed E-state index contributed by atoms with van der Waals surface area (Å²) in [6.07, 6.45) is 1.53. The van der Waals surface area contributed by atoms with Gasteiger partial charge in [0.1, 0.15) is 23.8 Å². The molecule has 30 heavy (non-hydrogen) atoms. The summed E-state index contributed by atoms with van der Waals surface area (Å²) in [5, 5.41) is 6.45. The smallest absolute Gasteiger partial charge is 0.265 e. The van der Waals surface area contributed by atoms with Gasteiger partial charge in [-0.15, -0.1) is 11.3 Å². The molecule has 1 aliphatic heterocycles. The third-order valence-electron chi connectivity index (χ3n) is 4.54. The first-order valence-electron chi connectivity index (χ1n) is 9.22. The molecule has 0 amide bonds. The van der Waals surface area contributed by atoms with E-state index < -0.39 is 10.0 Å². The van der Waals surface area contributed by atoms with Gasteiger partial charge in [-0.25, -0.2) is 13.1 Å². The minimum Gasteiger partial charge on any atom is -0.486 e. The van der Waals surface area contributed by atoms with E-state index in [4.69, 9.17) is 9.47 Å². The summed E-state index contributed by atoms with van der Waals surface area (Å²) >= 11 is 1.44. The summed E-state index contributed by atoms with van der Waals surface area (Å²) in [5.41, 5.74) is 1.57. The van der Waals surface area contributed by atoms with Crippen LogP contribution >= 0.6 is 11.3 Å². The number of rotatable bonds is 5. The van der Waals surface area contributed by atoms with E-state index in [1.807, 2.05) is 47.8 Å². The number of nitrogens with zero attached hydrogens (tertiary/aromatic N) is 2. The second-order valence-electron chi connectivity index (χ2n) is 6.56. The number of thiophene rings is 1. The summed E-state index contributed by atoms with van der Waals surface area (Å²) in [6.45, 7) is 0.899. The van der Waals surface area contributed by atoms with Crippen molar-refractivity contribution >= 4 is 27.0 Å². The molecule has 0 saturated heterocycles. The Morgan fingerprint density at radius 1 is 0.967 bits per heavy atom. The zero-order chi connectivity index (χ0) is 20.6. The van der Waals surface area contributed by atoms with Crippen LogP contribution in [0.15, 0.2) is 77.1 Å². The van der Waals surface area contributed by atoms with E-state index in [1.54, 1.807) is 22.9 Å². The van der Waals surface area contributed by atoms with Gasteiger partial charge in [0.15, 0.2) is 11.5 Å². The number of benzene rings is 2. The predicted molar refractivity (Wildman–Crippen MR) is 115 cm³/mol. The number of aromatic nitrogens is 2. The molecule has 0 unspecified atom stereocenters. The predicted octanol–water partition coefficient (Wildman–Crippen LogP) is 4.17. The molecule has 152 valence electrons. The van der Waals surface area contributed by atoms with Crippen molar-refractivity contribution in [2.75, 3.05) is 17.9 Å². The molecule has 0 bridgehead atoms. The molecule has 9 heteroatoms.